The zero-order chi connectivity index (χ0) is 16.2. The van der Waals surface area contributed by atoms with E-state index in [9.17, 15) is 18.0 Å². The molecule has 0 heterocycles. The molecule has 0 spiro atoms. The summed E-state index contributed by atoms with van der Waals surface area (Å²) in [7, 11) is 0. The van der Waals surface area contributed by atoms with Crippen LogP contribution in [0.5, 0.6) is 0 Å². The number of allylic oxidation sites excluding steroid dienone is 2. The van der Waals surface area contributed by atoms with Crippen molar-refractivity contribution in [1.82, 2.24) is 0 Å². The number of nitrogens with one attached hydrogen (secondary N) is 1. The van der Waals surface area contributed by atoms with E-state index in [0.717, 1.165) is 12.1 Å². The smallest absolute Gasteiger partial charge is 0.359 e. The summed E-state index contributed by atoms with van der Waals surface area (Å²) in [5.41, 5.74) is 0.882. The number of carbonyl (C=O) groups excluding carboxylic acids is 1. The second kappa shape index (κ2) is 6.47. The molecule has 0 saturated heterocycles. The Hall–Kier alpha value is -2.56. The van der Waals surface area contributed by atoms with E-state index in [1.807, 2.05) is 6.07 Å². The third kappa shape index (κ3) is 4.22. The van der Waals surface area contributed by atoms with Gasteiger partial charge in [0.15, 0.2) is 5.78 Å². The number of carbonyl (C=O) groups is 1. The Kier molecular flexibility index (Phi) is 4.65. The molecule has 0 fully saturated rings. The number of benzene rings is 2. The molecule has 0 bridgehead atoms. The second-order valence-electron chi connectivity index (χ2n) is 4.76. The first-order valence-electron chi connectivity index (χ1n) is 6.58. The number of alkyl halides is 3. The Balaban J connectivity index is 2.07. The molecule has 2 rings (SSSR count). The molecule has 2 aromatic carbocycles. The average Bonchev–Trinajstić information content (AvgIpc) is 2.47. The average molecular weight is 305 g/mol. The van der Waals surface area contributed by atoms with E-state index in [0.29, 0.717) is 16.9 Å². The number of halogens is 3. The summed E-state index contributed by atoms with van der Waals surface area (Å²) in [6.45, 7) is 1.68. The summed E-state index contributed by atoms with van der Waals surface area (Å²) in [4.78, 5) is 12.0. The van der Waals surface area contributed by atoms with Crippen LogP contribution in [0.1, 0.15) is 22.8 Å². The van der Waals surface area contributed by atoms with Gasteiger partial charge in [-0.2, -0.15) is 13.2 Å². The van der Waals surface area contributed by atoms with Gasteiger partial charge in [-0.05, 0) is 31.2 Å². The van der Waals surface area contributed by atoms with E-state index in [-0.39, 0.29) is 5.78 Å². The van der Waals surface area contributed by atoms with Crippen LogP contribution in [0, 0.1) is 0 Å². The van der Waals surface area contributed by atoms with Gasteiger partial charge in [-0.15, -0.1) is 0 Å². The predicted molar refractivity (Wildman–Crippen MR) is 79.6 cm³/mol. The standard InChI is InChI=1S/C17H14F3NO/c1-12(11-16(22)13-5-3-2-4-6-13)21-15-9-7-14(8-10-15)17(18,19)20/h2-11,21H,1H3. The lowest BCUT2D eigenvalue weighted by Gasteiger charge is -2.09. The lowest BCUT2D eigenvalue weighted by Crippen LogP contribution is -2.05. The molecule has 2 aromatic rings. The SMILES string of the molecule is CC(=CC(=O)c1ccccc1)Nc1ccc(C(F)(F)F)cc1. The minimum absolute atomic E-state index is 0.169. The number of rotatable bonds is 4. The van der Waals surface area contributed by atoms with Gasteiger partial charge in [0.25, 0.3) is 0 Å². The predicted octanol–water partition coefficient (Wildman–Crippen LogP) is 4.90. The summed E-state index contributed by atoms with van der Waals surface area (Å²) >= 11 is 0. The molecule has 0 amide bonds. The fourth-order valence-electron chi connectivity index (χ4n) is 1.89. The Bertz CT molecular complexity index is 673. The van der Waals surface area contributed by atoms with Crippen molar-refractivity contribution < 1.29 is 18.0 Å². The molecule has 0 aliphatic rings. The summed E-state index contributed by atoms with van der Waals surface area (Å²) in [5, 5.41) is 2.89. The summed E-state index contributed by atoms with van der Waals surface area (Å²) in [6, 6.07) is 13.4. The summed E-state index contributed by atoms with van der Waals surface area (Å²) in [6.07, 6.45) is -2.94. The lowest BCUT2D eigenvalue weighted by atomic mass is 10.1. The molecule has 22 heavy (non-hydrogen) atoms. The third-order valence-electron chi connectivity index (χ3n) is 2.96. The number of anilines is 1. The minimum Gasteiger partial charge on any atom is -0.359 e. The largest absolute Gasteiger partial charge is 0.416 e. The van der Waals surface area contributed by atoms with Gasteiger partial charge in [0, 0.05) is 23.0 Å². The van der Waals surface area contributed by atoms with Crippen LogP contribution in [0.4, 0.5) is 18.9 Å². The van der Waals surface area contributed by atoms with E-state index >= 15 is 0 Å². The van der Waals surface area contributed by atoms with Gasteiger partial charge in [-0.25, -0.2) is 0 Å². The quantitative estimate of drug-likeness (QED) is 0.642. The highest BCUT2D eigenvalue weighted by Crippen LogP contribution is 2.29. The van der Waals surface area contributed by atoms with Gasteiger partial charge in [0.1, 0.15) is 0 Å². The fourth-order valence-corrected chi connectivity index (χ4v) is 1.89. The van der Waals surface area contributed by atoms with Crippen molar-refractivity contribution in [3.8, 4) is 0 Å². The Morgan fingerprint density at radius 2 is 1.59 bits per heavy atom. The molecular weight excluding hydrogens is 291 g/mol. The first kappa shape index (κ1) is 15.8. The Labute approximate surface area is 126 Å². The van der Waals surface area contributed by atoms with Crippen LogP contribution in [-0.4, -0.2) is 5.78 Å². The molecule has 0 unspecified atom stereocenters. The van der Waals surface area contributed by atoms with Crippen molar-refractivity contribution in [2.75, 3.05) is 5.32 Å². The third-order valence-corrected chi connectivity index (χ3v) is 2.96. The lowest BCUT2D eigenvalue weighted by molar-refractivity contribution is -0.137. The first-order chi connectivity index (χ1) is 10.4. The molecule has 114 valence electrons. The van der Waals surface area contributed by atoms with Gasteiger partial charge < -0.3 is 5.32 Å². The monoisotopic (exact) mass is 305 g/mol. The van der Waals surface area contributed by atoms with Crippen molar-refractivity contribution in [3.63, 3.8) is 0 Å². The molecule has 0 saturated carbocycles. The molecule has 0 aliphatic carbocycles. The Morgan fingerprint density at radius 3 is 2.14 bits per heavy atom. The van der Waals surface area contributed by atoms with Crippen molar-refractivity contribution in [1.29, 1.82) is 0 Å². The van der Waals surface area contributed by atoms with Crippen LogP contribution in [0.25, 0.3) is 0 Å². The molecule has 0 atom stereocenters. The summed E-state index contributed by atoms with van der Waals surface area (Å²) in [5.74, 6) is -0.169. The zero-order valence-electron chi connectivity index (χ0n) is 11.8. The van der Waals surface area contributed by atoms with Crippen LogP contribution in [0.3, 0.4) is 0 Å². The van der Waals surface area contributed by atoms with E-state index in [1.54, 1.807) is 31.2 Å². The van der Waals surface area contributed by atoms with Crippen molar-refractivity contribution >= 4 is 11.5 Å². The maximum absolute atomic E-state index is 12.5. The van der Waals surface area contributed by atoms with Crippen molar-refractivity contribution in [2.45, 2.75) is 13.1 Å². The molecular formula is C17H14F3NO. The molecule has 0 radical (unpaired) electrons. The first-order valence-corrected chi connectivity index (χ1v) is 6.58. The van der Waals surface area contributed by atoms with E-state index in [1.165, 1.54) is 18.2 Å². The van der Waals surface area contributed by atoms with Gasteiger partial charge in [0.2, 0.25) is 0 Å². The highest BCUT2D eigenvalue weighted by molar-refractivity contribution is 6.05. The number of hydrogen-bond acceptors (Lipinski definition) is 2. The maximum Gasteiger partial charge on any atom is 0.416 e. The van der Waals surface area contributed by atoms with Gasteiger partial charge in [-0.3, -0.25) is 4.79 Å². The fraction of sp³-hybridized carbons (Fsp3) is 0.118. The molecule has 1 N–H and O–H groups in total. The highest BCUT2D eigenvalue weighted by atomic mass is 19.4. The molecule has 2 nitrogen and oxygen atoms in total. The maximum atomic E-state index is 12.5. The molecule has 0 aliphatic heterocycles. The van der Waals surface area contributed by atoms with Crippen LogP contribution in [-0.2, 0) is 6.18 Å². The minimum atomic E-state index is -4.35. The van der Waals surface area contributed by atoms with Gasteiger partial charge in [-0.1, -0.05) is 30.3 Å². The Morgan fingerprint density at radius 1 is 1.00 bits per heavy atom. The van der Waals surface area contributed by atoms with Crippen molar-refractivity contribution in [2.24, 2.45) is 0 Å². The van der Waals surface area contributed by atoms with Crippen LogP contribution in [0.2, 0.25) is 0 Å². The van der Waals surface area contributed by atoms with Crippen LogP contribution < -0.4 is 5.32 Å². The van der Waals surface area contributed by atoms with Gasteiger partial charge >= 0.3 is 6.18 Å². The van der Waals surface area contributed by atoms with E-state index < -0.39 is 11.7 Å². The van der Waals surface area contributed by atoms with E-state index in [4.69, 9.17) is 0 Å². The van der Waals surface area contributed by atoms with E-state index in [2.05, 4.69) is 5.32 Å². The normalized spacial score (nSPS) is 12.1. The van der Waals surface area contributed by atoms with Crippen LogP contribution in [0.15, 0.2) is 66.4 Å². The van der Waals surface area contributed by atoms with Crippen LogP contribution >= 0.6 is 0 Å². The number of hydrogen-bond donors (Lipinski definition) is 1. The van der Waals surface area contributed by atoms with Crippen molar-refractivity contribution in [3.05, 3.63) is 77.5 Å². The van der Waals surface area contributed by atoms with Gasteiger partial charge in [0.05, 0.1) is 5.56 Å². The second-order valence-corrected chi connectivity index (χ2v) is 4.76. The topological polar surface area (TPSA) is 29.1 Å². The molecule has 0 aromatic heterocycles. The number of ketones is 1. The highest BCUT2D eigenvalue weighted by Gasteiger charge is 2.29. The summed E-state index contributed by atoms with van der Waals surface area (Å²) < 4.78 is 37.4. The zero-order valence-corrected chi connectivity index (χ0v) is 11.8. The molecule has 5 heteroatoms.